The highest BCUT2D eigenvalue weighted by molar-refractivity contribution is 5.52. The van der Waals surface area contributed by atoms with Gasteiger partial charge in [0.2, 0.25) is 12.2 Å². The van der Waals surface area contributed by atoms with E-state index < -0.39 is 36.3 Å². The summed E-state index contributed by atoms with van der Waals surface area (Å²) in [4.78, 5) is 17.0. The largest absolute Gasteiger partial charge is 0.396 e. The van der Waals surface area contributed by atoms with Crippen molar-refractivity contribution >= 4 is 6.41 Å². The van der Waals surface area contributed by atoms with E-state index in [-0.39, 0.29) is 18.3 Å². The van der Waals surface area contributed by atoms with Gasteiger partial charge in [-0.05, 0) is 24.6 Å². The van der Waals surface area contributed by atoms with Crippen molar-refractivity contribution in [2.45, 2.75) is 38.1 Å². The van der Waals surface area contributed by atoms with Crippen LogP contribution in [0.4, 0.5) is 17.6 Å². The fraction of sp³-hybridized carbons (Fsp3) is 0.353. The van der Waals surface area contributed by atoms with Gasteiger partial charge in [-0.25, -0.2) is 4.39 Å². The maximum atomic E-state index is 13.3. The van der Waals surface area contributed by atoms with Gasteiger partial charge in [0, 0.05) is 0 Å². The molecule has 0 fully saturated rings. The maximum absolute atomic E-state index is 13.3. The summed E-state index contributed by atoms with van der Waals surface area (Å²) in [5.41, 5.74) is 0.680. The number of alkyl halides is 3. The Bertz CT molecular complexity index is 1030. The zero-order valence-corrected chi connectivity index (χ0v) is 15.0. The summed E-state index contributed by atoms with van der Waals surface area (Å²) in [6, 6.07) is 4.73. The molecule has 152 valence electrons. The number of nitrogens with zero attached hydrogens (tertiary/aromatic N) is 6. The van der Waals surface area contributed by atoms with Crippen molar-refractivity contribution in [1.82, 2.24) is 29.8 Å². The molecular weight excluding hydrogens is 396 g/mol. The van der Waals surface area contributed by atoms with Crippen LogP contribution in [0.5, 0.6) is 0 Å². The summed E-state index contributed by atoms with van der Waals surface area (Å²) in [6.45, 7) is 1.92. The summed E-state index contributed by atoms with van der Waals surface area (Å²) in [5, 5.41) is 11.4. The predicted octanol–water partition coefficient (Wildman–Crippen LogP) is 2.85. The number of fused-ring (bicyclic) bond motifs is 1. The molecule has 1 aromatic carbocycles. The minimum Gasteiger partial charge on any atom is -0.330 e. The summed E-state index contributed by atoms with van der Waals surface area (Å²) in [5.74, 6) is -0.610. The van der Waals surface area contributed by atoms with Crippen LogP contribution in [0.15, 0.2) is 28.8 Å². The third-order valence-corrected chi connectivity index (χ3v) is 4.71. The van der Waals surface area contributed by atoms with Crippen molar-refractivity contribution < 1.29 is 26.9 Å². The molecule has 3 heterocycles. The summed E-state index contributed by atoms with van der Waals surface area (Å²) < 4.78 is 57.5. The Morgan fingerprint density at radius 2 is 1.97 bits per heavy atom. The molecule has 0 bridgehead atoms. The first-order valence-corrected chi connectivity index (χ1v) is 8.58. The molecule has 2 atom stereocenters. The Hall–Kier alpha value is -3.31. The molecule has 1 aliphatic rings. The van der Waals surface area contributed by atoms with Gasteiger partial charge < -0.3 is 14.0 Å². The molecule has 0 saturated carbocycles. The first-order chi connectivity index (χ1) is 13.8. The molecule has 1 aliphatic heterocycles. The number of amides is 1. The van der Waals surface area contributed by atoms with Gasteiger partial charge in [-0.3, -0.25) is 4.79 Å². The van der Waals surface area contributed by atoms with Gasteiger partial charge in [-0.2, -0.15) is 18.2 Å². The van der Waals surface area contributed by atoms with Gasteiger partial charge in [-0.15, -0.1) is 10.2 Å². The third kappa shape index (κ3) is 3.57. The first kappa shape index (κ1) is 19.0. The number of benzene rings is 1. The third-order valence-electron chi connectivity index (χ3n) is 4.71. The number of hydrogen-bond acceptors (Lipinski definition) is 6. The molecule has 1 unspecified atom stereocenters. The number of carbonyl (C=O) groups excluding carboxylic acids is 1. The minimum atomic E-state index is -4.47. The SMILES string of the molecule is C[C@@H]1c2nnc(-c3nc(CC(F)(F)F)no3)n2CC(c2ccc(F)cc2)N1C=O. The van der Waals surface area contributed by atoms with Gasteiger partial charge in [-0.1, -0.05) is 17.3 Å². The molecule has 0 spiro atoms. The normalized spacial score (nSPS) is 19.3. The van der Waals surface area contributed by atoms with Crippen molar-refractivity contribution in [1.29, 1.82) is 0 Å². The lowest BCUT2D eigenvalue weighted by atomic mass is 10.0. The van der Waals surface area contributed by atoms with Crippen LogP contribution in [0.2, 0.25) is 0 Å². The van der Waals surface area contributed by atoms with Crippen LogP contribution < -0.4 is 0 Å². The highest BCUT2D eigenvalue weighted by Gasteiger charge is 2.37. The van der Waals surface area contributed by atoms with Crippen LogP contribution >= 0.6 is 0 Å². The Balaban J connectivity index is 1.71. The van der Waals surface area contributed by atoms with E-state index in [0.29, 0.717) is 17.8 Å². The monoisotopic (exact) mass is 410 g/mol. The first-order valence-electron chi connectivity index (χ1n) is 8.58. The zero-order valence-electron chi connectivity index (χ0n) is 15.0. The lowest BCUT2D eigenvalue weighted by Crippen LogP contribution is -2.39. The van der Waals surface area contributed by atoms with Crippen LogP contribution in [0.25, 0.3) is 11.7 Å². The van der Waals surface area contributed by atoms with E-state index in [1.165, 1.54) is 17.0 Å². The minimum absolute atomic E-state index is 0.102. The standard InChI is InChI=1S/C17H14F4N6O2/c1-9-14-23-24-15(16-22-13(25-29-16)6-17(19,20)21)26(14)7-12(27(9)8-28)10-2-4-11(18)5-3-10/h2-5,8-9,12H,6-7H2,1H3/t9-,12?/m1/s1. The zero-order chi connectivity index (χ0) is 20.8. The van der Waals surface area contributed by atoms with Crippen LogP contribution in [0.3, 0.4) is 0 Å². The van der Waals surface area contributed by atoms with E-state index in [1.807, 2.05) is 0 Å². The molecule has 12 heteroatoms. The fourth-order valence-electron chi connectivity index (χ4n) is 3.36. The molecule has 8 nitrogen and oxygen atoms in total. The molecule has 3 aromatic rings. The number of halogens is 4. The molecule has 1 amide bonds. The lowest BCUT2D eigenvalue weighted by molar-refractivity contribution is -0.128. The van der Waals surface area contributed by atoms with E-state index in [0.717, 1.165) is 0 Å². The van der Waals surface area contributed by atoms with Crippen LogP contribution in [0, 0.1) is 5.82 Å². The maximum Gasteiger partial charge on any atom is 0.396 e. The highest BCUT2D eigenvalue weighted by atomic mass is 19.4. The van der Waals surface area contributed by atoms with Crippen LogP contribution in [0.1, 0.15) is 36.2 Å². The van der Waals surface area contributed by atoms with Gasteiger partial charge in [0.15, 0.2) is 11.6 Å². The Kier molecular flexibility index (Phi) is 4.55. The summed E-state index contributed by atoms with van der Waals surface area (Å²) in [6.07, 6.45) is -5.13. The highest BCUT2D eigenvalue weighted by Crippen LogP contribution is 2.37. The summed E-state index contributed by atoms with van der Waals surface area (Å²) >= 11 is 0. The quantitative estimate of drug-likeness (QED) is 0.485. The van der Waals surface area contributed by atoms with E-state index in [4.69, 9.17) is 4.52 Å². The molecule has 29 heavy (non-hydrogen) atoms. The van der Waals surface area contributed by atoms with E-state index >= 15 is 0 Å². The lowest BCUT2D eigenvalue weighted by Gasteiger charge is -2.38. The number of rotatable bonds is 4. The fourth-order valence-corrected chi connectivity index (χ4v) is 3.36. The van der Waals surface area contributed by atoms with Gasteiger partial charge in [0.05, 0.1) is 18.6 Å². The van der Waals surface area contributed by atoms with Gasteiger partial charge >= 0.3 is 6.18 Å². The molecule has 0 N–H and O–H groups in total. The molecule has 0 aliphatic carbocycles. The molecule has 4 rings (SSSR count). The smallest absolute Gasteiger partial charge is 0.330 e. The van der Waals surface area contributed by atoms with E-state index in [9.17, 15) is 22.4 Å². The second-order valence-electron chi connectivity index (χ2n) is 6.60. The Labute approximate surface area is 161 Å². The van der Waals surface area contributed by atoms with E-state index in [1.54, 1.807) is 23.6 Å². The van der Waals surface area contributed by atoms with Crippen molar-refractivity contribution in [3.05, 3.63) is 47.3 Å². The van der Waals surface area contributed by atoms with Crippen LogP contribution in [-0.2, 0) is 17.8 Å². The second kappa shape index (κ2) is 6.94. The molecular formula is C17H14F4N6O2. The summed E-state index contributed by atoms with van der Waals surface area (Å²) in [7, 11) is 0. The Morgan fingerprint density at radius 3 is 2.62 bits per heavy atom. The molecule has 0 radical (unpaired) electrons. The van der Waals surface area contributed by atoms with Crippen molar-refractivity contribution in [2.24, 2.45) is 0 Å². The van der Waals surface area contributed by atoms with Crippen molar-refractivity contribution in [3.8, 4) is 11.7 Å². The number of carbonyl (C=O) groups is 1. The number of hydrogen-bond donors (Lipinski definition) is 0. The molecule has 2 aromatic heterocycles. The second-order valence-corrected chi connectivity index (χ2v) is 6.60. The van der Waals surface area contributed by atoms with Gasteiger partial charge in [0.1, 0.15) is 12.2 Å². The average Bonchev–Trinajstić information content (AvgIpc) is 3.27. The molecule has 0 saturated heterocycles. The van der Waals surface area contributed by atoms with Crippen LogP contribution in [-0.4, -0.2) is 42.4 Å². The van der Waals surface area contributed by atoms with Crippen molar-refractivity contribution in [3.63, 3.8) is 0 Å². The predicted molar refractivity (Wildman–Crippen MR) is 88.5 cm³/mol. The van der Waals surface area contributed by atoms with E-state index in [2.05, 4.69) is 20.3 Å². The van der Waals surface area contributed by atoms with Crippen molar-refractivity contribution in [2.75, 3.05) is 0 Å². The average molecular weight is 410 g/mol. The Morgan fingerprint density at radius 1 is 1.24 bits per heavy atom. The van der Waals surface area contributed by atoms with Gasteiger partial charge in [0.25, 0.3) is 5.89 Å². The topological polar surface area (TPSA) is 89.9 Å². The number of aromatic nitrogens is 5.